The Balaban J connectivity index is 2.11. The van der Waals surface area contributed by atoms with E-state index in [-0.39, 0.29) is 10.8 Å². The second kappa shape index (κ2) is 6.37. The first-order chi connectivity index (χ1) is 11.4. The highest BCUT2D eigenvalue weighted by Gasteiger charge is 2.19. The molecule has 0 bridgehead atoms. The molecule has 6 nitrogen and oxygen atoms in total. The maximum absolute atomic E-state index is 12.8. The average Bonchev–Trinajstić information content (AvgIpc) is 2.55. The van der Waals surface area contributed by atoms with Gasteiger partial charge >= 0.3 is 0 Å². The van der Waals surface area contributed by atoms with Gasteiger partial charge in [0.1, 0.15) is 0 Å². The lowest BCUT2D eigenvalue weighted by Gasteiger charge is -2.17. The van der Waals surface area contributed by atoms with Crippen molar-refractivity contribution >= 4 is 48.4 Å². The van der Waals surface area contributed by atoms with E-state index in [0.29, 0.717) is 9.86 Å². The van der Waals surface area contributed by atoms with Crippen molar-refractivity contribution < 1.29 is 8.42 Å². The lowest BCUT2D eigenvalue weighted by atomic mass is 10.1. The molecule has 0 aliphatic rings. The van der Waals surface area contributed by atoms with Crippen molar-refractivity contribution in [2.45, 2.75) is 4.90 Å². The van der Waals surface area contributed by atoms with E-state index in [1.165, 1.54) is 12.4 Å². The summed E-state index contributed by atoms with van der Waals surface area (Å²) >= 11 is 3.22. The summed E-state index contributed by atoms with van der Waals surface area (Å²) in [5.41, 5.74) is 0.949. The van der Waals surface area contributed by atoms with Gasteiger partial charge in [0.2, 0.25) is 5.95 Å². The van der Waals surface area contributed by atoms with Gasteiger partial charge in [-0.25, -0.2) is 23.1 Å². The van der Waals surface area contributed by atoms with Crippen LogP contribution in [0.2, 0.25) is 0 Å². The van der Waals surface area contributed by atoms with E-state index in [9.17, 15) is 8.42 Å². The SMILES string of the molecule is CN(C)c1cccc2c(S(=O)(=O)Nc3ncc(Br)cn3)cccc12. The number of sulfonamides is 1. The molecule has 8 heteroatoms. The number of rotatable bonds is 4. The molecule has 0 spiro atoms. The minimum atomic E-state index is -3.80. The fourth-order valence-electron chi connectivity index (χ4n) is 2.43. The number of nitrogens with zero attached hydrogens (tertiary/aromatic N) is 3. The van der Waals surface area contributed by atoms with E-state index < -0.39 is 10.0 Å². The standard InChI is InChI=1S/C16H15BrN4O2S/c1-21(2)14-7-3-6-13-12(14)5-4-8-15(13)24(22,23)20-16-18-9-11(17)10-19-16/h3-10H,1-2H3,(H,18,19,20). The topological polar surface area (TPSA) is 75.2 Å². The molecule has 0 radical (unpaired) electrons. The van der Waals surface area contributed by atoms with Gasteiger partial charge in [-0.3, -0.25) is 0 Å². The average molecular weight is 407 g/mol. The third kappa shape index (κ3) is 3.20. The first-order valence-corrected chi connectivity index (χ1v) is 9.35. The van der Waals surface area contributed by atoms with Crippen LogP contribution in [0.25, 0.3) is 10.8 Å². The maximum Gasteiger partial charge on any atom is 0.264 e. The van der Waals surface area contributed by atoms with E-state index in [0.717, 1.165) is 11.1 Å². The first-order valence-electron chi connectivity index (χ1n) is 7.08. The van der Waals surface area contributed by atoms with E-state index >= 15 is 0 Å². The summed E-state index contributed by atoms with van der Waals surface area (Å²) in [6.45, 7) is 0. The molecule has 2 aromatic carbocycles. The number of hydrogen-bond acceptors (Lipinski definition) is 5. The number of hydrogen-bond donors (Lipinski definition) is 1. The molecule has 24 heavy (non-hydrogen) atoms. The van der Waals surface area contributed by atoms with Gasteiger partial charge in [0, 0.05) is 42.9 Å². The van der Waals surface area contributed by atoms with Crippen molar-refractivity contribution in [3.8, 4) is 0 Å². The van der Waals surface area contributed by atoms with Gasteiger partial charge in [0.25, 0.3) is 10.0 Å². The van der Waals surface area contributed by atoms with Crippen molar-refractivity contribution in [3.05, 3.63) is 53.3 Å². The quantitative estimate of drug-likeness (QED) is 0.719. The van der Waals surface area contributed by atoms with Crippen molar-refractivity contribution in [1.29, 1.82) is 0 Å². The Morgan fingerprint density at radius 2 is 1.62 bits per heavy atom. The van der Waals surface area contributed by atoms with Crippen molar-refractivity contribution in [2.75, 3.05) is 23.7 Å². The lowest BCUT2D eigenvalue weighted by Crippen LogP contribution is -2.16. The fourth-order valence-corrected chi connectivity index (χ4v) is 3.81. The number of aromatic nitrogens is 2. The molecule has 0 atom stereocenters. The van der Waals surface area contributed by atoms with Crippen molar-refractivity contribution in [3.63, 3.8) is 0 Å². The number of benzene rings is 2. The summed E-state index contributed by atoms with van der Waals surface area (Å²) in [5, 5.41) is 1.51. The number of fused-ring (bicyclic) bond motifs is 1. The molecule has 1 aromatic heterocycles. The van der Waals surface area contributed by atoms with Crippen LogP contribution in [0.5, 0.6) is 0 Å². The van der Waals surface area contributed by atoms with Crippen LogP contribution < -0.4 is 9.62 Å². The second-order valence-electron chi connectivity index (χ2n) is 5.35. The van der Waals surface area contributed by atoms with Crippen LogP contribution in [0.15, 0.2) is 58.2 Å². The van der Waals surface area contributed by atoms with Crippen LogP contribution in [0.3, 0.4) is 0 Å². The van der Waals surface area contributed by atoms with E-state index in [1.54, 1.807) is 18.2 Å². The van der Waals surface area contributed by atoms with Gasteiger partial charge in [-0.1, -0.05) is 24.3 Å². The van der Waals surface area contributed by atoms with Gasteiger partial charge in [-0.2, -0.15) is 0 Å². The monoisotopic (exact) mass is 406 g/mol. The van der Waals surface area contributed by atoms with Crippen molar-refractivity contribution in [2.24, 2.45) is 0 Å². The molecule has 124 valence electrons. The largest absolute Gasteiger partial charge is 0.377 e. The molecular formula is C16H15BrN4O2S. The highest BCUT2D eigenvalue weighted by Crippen LogP contribution is 2.30. The summed E-state index contributed by atoms with van der Waals surface area (Å²) < 4.78 is 28.6. The predicted molar refractivity (Wildman–Crippen MR) is 98.8 cm³/mol. The summed E-state index contributed by atoms with van der Waals surface area (Å²) in [6, 6.07) is 10.8. The van der Waals surface area contributed by atoms with Gasteiger partial charge in [-0.05, 0) is 28.1 Å². The Morgan fingerprint density at radius 1 is 1.00 bits per heavy atom. The van der Waals surface area contributed by atoms with Crippen LogP contribution in [-0.4, -0.2) is 32.5 Å². The Labute approximate surface area is 148 Å². The molecule has 0 amide bonds. The molecule has 0 aliphatic heterocycles. The highest BCUT2D eigenvalue weighted by molar-refractivity contribution is 9.10. The minimum absolute atomic E-state index is 0.0268. The molecule has 3 aromatic rings. The Bertz CT molecular complexity index is 989. The highest BCUT2D eigenvalue weighted by atomic mass is 79.9. The molecular weight excluding hydrogens is 392 g/mol. The summed E-state index contributed by atoms with van der Waals surface area (Å²) in [7, 11) is 0.0369. The molecule has 0 unspecified atom stereocenters. The maximum atomic E-state index is 12.8. The molecule has 3 rings (SSSR count). The molecule has 1 heterocycles. The lowest BCUT2D eigenvalue weighted by molar-refractivity contribution is 0.601. The smallest absolute Gasteiger partial charge is 0.264 e. The zero-order chi connectivity index (χ0) is 17.3. The van der Waals surface area contributed by atoms with Crippen LogP contribution in [0, 0.1) is 0 Å². The number of anilines is 2. The first kappa shape index (κ1) is 16.7. The van der Waals surface area contributed by atoms with E-state index in [1.807, 2.05) is 37.2 Å². The molecule has 0 fully saturated rings. The second-order valence-corrected chi connectivity index (χ2v) is 7.92. The Kier molecular flexibility index (Phi) is 4.42. The summed E-state index contributed by atoms with van der Waals surface area (Å²) in [6.07, 6.45) is 2.97. The van der Waals surface area contributed by atoms with Crippen LogP contribution >= 0.6 is 15.9 Å². The van der Waals surface area contributed by atoms with Gasteiger partial charge < -0.3 is 4.90 Å². The van der Waals surface area contributed by atoms with Crippen LogP contribution in [0.4, 0.5) is 11.6 Å². The summed E-state index contributed by atoms with van der Waals surface area (Å²) in [4.78, 5) is 10.1. The number of nitrogens with one attached hydrogen (secondary N) is 1. The molecule has 1 N–H and O–H groups in total. The third-order valence-electron chi connectivity index (χ3n) is 3.48. The minimum Gasteiger partial charge on any atom is -0.377 e. The molecule has 0 aliphatic carbocycles. The number of halogens is 1. The predicted octanol–water partition coefficient (Wildman–Crippen LogP) is 3.26. The summed E-state index contributed by atoms with van der Waals surface area (Å²) in [5.74, 6) is 0.0268. The van der Waals surface area contributed by atoms with Gasteiger partial charge in [0.15, 0.2) is 0 Å². The molecule has 0 saturated carbocycles. The zero-order valence-electron chi connectivity index (χ0n) is 13.1. The van der Waals surface area contributed by atoms with E-state index in [2.05, 4.69) is 30.6 Å². The fraction of sp³-hybridized carbons (Fsp3) is 0.125. The van der Waals surface area contributed by atoms with E-state index in [4.69, 9.17) is 0 Å². The van der Waals surface area contributed by atoms with Crippen LogP contribution in [0.1, 0.15) is 0 Å². The molecule has 0 saturated heterocycles. The Morgan fingerprint density at radius 3 is 2.29 bits per heavy atom. The Hall–Kier alpha value is -2.19. The zero-order valence-corrected chi connectivity index (χ0v) is 15.5. The third-order valence-corrected chi connectivity index (χ3v) is 5.27. The normalized spacial score (nSPS) is 11.5. The van der Waals surface area contributed by atoms with Crippen molar-refractivity contribution in [1.82, 2.24) is 9.97 Å². The van der Waals surface area contributed by atoms with Gasteiger partial charge in [0.05, 0.1) is 9.37 Å². The van der Waals surface area contributed by atoms with Crippen LogP contribution in [-0.2, 0) is 10.0 Å². The van der Waals surface area contributed by atoms with Gasteiger partial charge in [-0.15, -0.1) is 0 Å².